The van der Waals surface area contributed by atoms with Crippen LogP contribution in [0.1, 0.15) is 42.6 Å². The Bertz CT molecular complexity index is 1350. The molecule has 0 radical (unpaired) electrons. The maximum Gasteiger partial charge on any atom is 0.250 e. The van der Waals surface area contributed by atoms with Crippen LogP contribution in [0.2, 0.25) is 0 Å². The molecule has 1 amide bonds. The summed E-state index contributed by atoms with van der Waals surface area (Å²) >= 11 is 0. The quantitative estimate of drug-likeness (QED) is 0.356. The van der Waals surface area contributed by atoms with E-state index >= 15 is 0 Å². The second-order valence-corrected chi connectivity index (χ2v) is 9.59. The van der Waals surface area contributed by atoms with E-state index in [1.165, 1.54) is 0 Å². The molecule has 2 fully saturated rings. The molecular formula is C28H29F3N4O2. The summed E-state index contributed by atoms with van der Waals surface area (Å²) in [6, 6.07) is 7.03. The van der Waals surface area contributed by atoms with E-state index in [-0.39, 0.29) is 17.5 Å². The second-order valence-electron chi connectivity index (χ2n) is 9.59. The standard InChI is InChI=1S/C28H29F3N4O2/c1-4-33-14-21-7-6-19(9-18-5-8-24(26(10-18)37-3)34-13-17(2)32-16-34)28(36)35(21)25(15-33)20-11-22(29)27(31)23(30)12-20/h5,8-13,16,21,25H,4,6-7,14-15H2,1-3H3/b19-9+/t21-,25+/m0/s1. The van der Waals surface area contributed by atoms with Crippen LogP contribution in [0.15, 0.2) is 48.4 Å². The van der Waals surface area contributed by atoms with Crippen LogP contribution in [0.4, 0.5) is 13.2 Å². The molecule has 0 N–H and O–H groups in total. The van der Waals surface area contributed by atoms with Gasteiger partial charge < -0.3 is 14.2 Å². The molecular weight excluding hydrogens is 481 g/mol. The second kappa shape index (κ2) is 10.0. The van der Waals surface area contributed by atoms with E-state index in [2.05, 4.69) is 9.88 Å². The number of imidazole rings is 1. The lowest BCUT2D eigenvalue weighted by Gasteiger charge is -2.49. The zero-order valence-electron chi connectivity index (χ0n) is 21.0. The molecule has 2 aliphatic heterocycles. The Labute approximate surface area is 214 Å². The number of carbonyl (C=O) groups is 1. The van der Waals surface area contributed by atoms with Crippen molar-refractivity contribution in [3.8, 4) is 11.4 Å². The predicted octanol–water partition coefficient (Wildman–Crippen LogP) is 5.06. The Morgan fingerprint density at radius 1 is 1.14 bits per heavy atom. The average molecular weight is 511 g/mol. The third kappa shape index (κ3) is 4.75. The molecule has 2 saturated heterocycles. The highest BCUT2D eigenvalue weighted by molar-refractivity contribution is 5.99. The summed E-state index contributed by atoms with van der Waals surface area (Å²) in [5, 5.41) is 0. The van der Waals surface area contributed by atoms with Gasteiger partial charge in [-0.3, -0.25) is 9.69 Å². The molecule has 2 atom stereocenters. The lowest BCUT2D eigenvalue weighted by Crippen LogP contribution is -2.58. The smallest absolute Gasteiger partial charge is 0.250 e. The Kier molecular flexibility index (Phi) is 6.81. The summed E-state index contributed by atoms with van der Waals surface area (Å²) in [4.78, 5) is 21.9. The fourth-order valence-corrected chi connectivity index (χ4v) is 5.36. The lowest BCUT2D eigenvalue weighted by atomic mass is 9.88. The number of fused-ring (bicyclic) bond motifs is 1. The van der Waals surface area contributed by atoms with E-state index in [9.17, 15) is 18.0 Å². The van der Waals surface area contributed by atoms with Crippen molar-refractivity contribution < 1.29 is 22.7 Å². The van der Waals surface area contributed by atoms with E-state index in [0.29, 0.717) is 30.8 Å². The Morgan fingerprint density at radius 3 is 2.54 bits per heavy atom. The van der Waals surface area contributed by atoms with Crippen LogP contribution in [0.3, 0.4) is 0 Å². The number of aryl methyl sites for hydroxylation is 1. The third-order valence-electron chi connectivity index (χ3n) is 7.26. The number of benzene rings is 2. The molecule has 2 aromatic carbocycles. The number of likely N-dealkylation sites (N-methyl/N-ethyl adjacent to an activating group) is 1. The molecule has 3 heterocycles. The van der Waals surface area contributed by atoms with Crippen molar-refractivity contribution in [1.82, 2.24) is 19.4 Å². The molecule has 1 aromatic heterocycles. The molecule has 0 saturated carbocycles. The number of piperidine rings is 1. The van der Waals surface area contributed by atoms with Crippen LogP contribution in [0, 0.1) is 24.4 Å². The van der Waals surface area contributed by atoms with Gasteiger partial charge in [-0.15, -0.1) is 0 Å². The van der Waals surface area contributed by atoms with Gasteiger partial charge in [0.1, 0.15) is 5.75 Å². The molecule has 0 spiro atoms. The molecule has 0 bridgehead atoms. The molecule has 0 aliphatic carbocycles. The molecule has 3 aromatic rings. The number of nitrogens with zero attached hydrogens (tertiary/aromatic N) is 4. The average Bonchev–Trinajstić information content (AvgIpc) is 3.33. The van der Waals surface area contributed by atoms with Crippen LogP contribution in [-0.2, 0) is 4.79 Å². The summed E-state index contributed by atoms with van der Waals surface area (Å²) in [7, 11) is 1.59. The minimum absolute atomic E-state index is 0.0964. The van der Waals surface area contributed by atoms with E-state index in [4.69, 9.17) is 4.74 Å². The van der Waals surface area contributed by atoms with Gasteiger partial charge in [0.05, 0.1) is 30.9 Å². The number of hydrogen-bond acceptors (Lipinski definition) is 4. The number of rotatable bonds is 5. The molecule has 2 aliphatic rings. The summed E-state index contributed by atoms with van der Waals surface area (Å²) in [5.41, 5.74) is 3.39. The van der Waals surface area contributed by atoms with Gasteiger partial charge in [0, 0.05) is 30.9 Å². The van der Waals surface area contributed by atoms with Crippen LogP contribution < -0.4 is 4.74 Å². The number of piperazine rings is 1. The number of halogens is 3. The van der Waals surface area contributed by atoms with Gasteiger partial charge in [0.15, 0.2) is 17.5 Å². The van der Waals surface area contributed by atoms with Crippen LogP contribution >= 0.6 is 0 Å². The minimum Gasteiger partial charge on any atom is -0.495 e. The first-order chi connectivity index (χ1) is 17.8. The lowest BCUT2D eigenvalue weighted by molar-refractivity contribution is -0.139. The first kappa shape index (κ1) is 25.1. The number of carbonyl (C=O) groups excluding carboxylic acids is 1. The van der Waals surface area contributed by atoms with Crippen molar-refractivity contribution in [2.24, 2.45) is 0 Å². The predicted molar refractivity (Wildman–Crippen MR) is 134 cm³/mol. The van der Waals surface area contributed by atoms with Gasteiger partial charge in [-0.05, 0) is 67.8 Å². The van der Waals surface area contributed by atoms with Gasteiger partial charge in [0.25, 0.3) is 5.91 Å². The topological polar surface area (TPSA) is 50.6 Å². The van der Waals surface area contributed by atoms with E-state index < -0.39 is 23.5 Å². The van der Waals surface area contributed by atoms with E-state index in [0.717, 1.165) is 42.0 Å². The third-order valence-corrected chi connectivity index (χ3v) is 7.26. The number of amides is 1. The Morgan fingerprint density at radius 2 is 1.89 bits per heavy atom. The van der Waals surface area contributed by atoms with Gasteiger partial charge in [-0.2, -0.15) is 0 Å². The number of ether oxygens (including phenoxy) is 1. The number of methoxy groups -OCH3 is 1. The maximum absolute atomic E-state index is 14.1. The number of aromatic nitrogens is 2. The number of hydrogen-bond donors (Lipinski definition) is 0. The fraction of sp³-hybridized carbons (Fsp3) is 0.357. The van der Waals surface area contributed by atoms with Crippen LogP contribution in [0.5, 0.6) is 5.75 Å². The normalized spacial score (nSPS) is 21.4. The summed E-state index contributed by atoms with van der Waals surface area (Å²) in [6.45, 7) is 5.77. The van der Waals surface area contributed by atoms with Gasteiger partial charge in [-0.25, -0.2) is 18.2 Å². The highest BCUT2D eigenvalue weighted by Crippen LogP contribution is 2.38. The summed E-state index contributed by atoms with van der Waals surface area (Å²) in [6.07, 6.45) is 6.77. The van der Waals surface area contributed by atoms with E-state index in [1.54, 1.807) is 18.3 Å². The maximum atomic E-state index is 14.1. The van der Waals surface area contributed by atoms with Crippen molar-refractivity contribution in [3.05, 3.63) is 82.7 Å². The van der Waals surface area contributed by atoms with E-state index in [1.807, 2.05) is 48.9 Å². The van der Waals surface area contributed by atoms with Gasteiger partial charge in [0.2, 0.25) is 0 Å². The molecule has 37 heavy (non-hydrogen) atoms. The zero-order chi connectivity index (χ0) is 26.3. The molecule has 6 nitrogen and oxygen atoms in total. The van der Waals surface area contributed by atoms with Crippen molar-refractivity contribution in [2.75, 3.05) is 26.7 Å². The fourth-order valence-electron chi connectivity index (χ4n) is 5.36. The van der Waals surface area contributed by atoms with Gasteiger partial charge in [-0.1, -0.05) is 13.0 Å². The van der Waals surface area contributed by atoms with Crippen molar-refractivity contribution >= 4 is 12.0 Å². The van der Waals surface area contributed by atoms with Crippen LogP contribution in [0.25, 0.3) is 11.8 Å². The largest absolute Gasteiger partial charge is 0.495 e. The summed E-state index contributed by atoms with van der Waals surface area (Å²) in [5.74, 6) is -3.53. The zero-order valence-corrected chi connectivity index (χ0v) is 21.0. The Balaban J connectivity index is 1.48. The summed E-state index contributed by atoms with van der Waals surface area (Å²) < 4.78 is 49.4. The molecule has 9 heteroatoms. The van der Waals surface area contributed by atoms with Crippen LogP contribution in [-0.4, -0.2) is 58.0 Å². The Hall–Kier alpha value is -3.59. The highest BCUT2D eigenvalue weighted by atomic mass is 19.2. The van der Waals surface area contributed by atoms with Gasteiger partial charge >= 0.3 is 0 Å². The van der Waals surface area contributed by atoms with Crippen molar-refractivity contribution in [2.45, 2.75) is 38.8 Å². The highest BCUT2D eigenvalue weighted by Gasteiger charge is 2.42. The first-order valence-corrected chi connectivity index (χ1v) is 12.4. The SMILES string of the molecule is CCN1C[C@@H]2CC/C(=C\c3ccc(-n4cnc(C)c4)c(OC)c3)C(=O)N2[C@@H](c2cc(F)c(F)c(F)c2)C1. The molecule has 194 valence electrons. The van der Waals surface area contributed by atoms with Crippen molar-refractivity contribution in [1.29, 1.82) is 0 Å². The molecule has 0 unspecified atom stereocenters. The molecule has 5 rings (SSSR count). The minimum atomic E-state index is -1.50. The first-order valence-electron chi connectivity index (χ1n) is 12.4. The van der Waals surface area contributed by atoms with Crippen molar-refractivity contribution in [3.63, 3.8) is 0 Å². The monoisotopic (exact) mass is 510 g/mol.